The van der Waals surface area contributed by atoms with Gasteiger partial charge in [-0.25, -0.2) is 0 Å². The van der Waals surface area contributed by atoms with E-state index in [1.165, 1.54) is 93.5 Å². The Morgan fingerprint density at radius 1 is 0.403 bits per heavy atom. The largest absolute Gasteiger partial charge is 0.310 e. The Kier molecular flexibility index (Phi) is 9.68. The van der Waals surface area contributed by atoms with Crippen LogP contribution < -0.4 is 9.80 Å². The van der Waals surface area contributed by atoms with Gasteiger partial charge in [0.1, 0.15) is 0 Å². The molecule has 0 bridgehead atoms. The van der Waals surface area contributed by atoms with Crippen LogP contribution in [0.25, 0.3) is 54.6 Å². The Hall–Kier alpha value is -7.16. The summed E-state index contributed by atoms with van der Waals surface area (Å²) in [5.41, 5.74) is 22.1. The van der Waals surface area contributed by atoms with Crippen molar-refractivity contribution in [2.24, 2.45) is 0 Å². The Labute approximate surface area is 366 Å². The molecule has 1 aliphatic carbocycles. The summed E-state index contributed by atoms with van der Waals surface area (Å²) in [6.45, 7) is 19.7. The number of allylic oxidation sites excluding steroid dienone is 4. The van der Waals surface area contributed by atoms with Gasteiger partial charge in [-0.3, -0.25) is 0 Å². The van der Waals surface area contributed by atoms with E-state index in [-0.39, 0.29) is 0 Å². The van der Waals surface area contributed by atoms with Crippen molar-refractivity contribution in [2.75, 3.05) is 9.80 Å². The average molecular weight is 801 g/mol. The maximum absolute atomic E-state index is 4.27. The van der Waals surface area contributed by atoms with Crippen LogP contribution in [0.5, 0.6) is 0 Å². The quantitative estimate of drug-likeness (QED) is 0.141. The zero-order valence-corrected chi connectivity index (χ0v) is 36.9. The van der Waals surface area contributed by atoms with E-state index in [0.717, 1.165) is 46.1 Å². The van der Waals surface area contributed by atoms with Crippen molar-refractivity contribution in [1.82, 2.24) is 0 Å². The van der Waals surface area contributed by atoms with Gasteiger partial charge in [-0.15, -0.1) is 0 Å². The number of benzene rings is 9. The number of nitrogens with zero attached hydrogens (tertiary/aromatic N) is 2. The molecule has 0 aromatic heterocycles. The second kappa shape index (κ2) is 15.4. The molecular weight excluding hydrogens is 749 g/mol. The van der Waals surface area contributed by atoms with Gasteiger partial charge in [-0.2, -0.15) is 0 Å². The molecule has 10 rings (SSSR count). The van der Waals surface area contributed by atoms with E-state index < -0.39 is 0 Å². The van der Waals surface area contributed by atoms with Gasteiger partial charge in [0.25, 0.3) is 0 Å². The van der Waals surface area contributed by atoms with Crippen LogP contribution in [0, 0.1) is 48.5 Å². The smallest absolute Gasteiger partial charge is 0.0540 e. The SMILES string of the molecule is C=C1C=CC(N(c2ccc(-c3c(C)cc(C)cc3C)cc2)c2ccc3ccc4c(N(c5ccc(C)cc5)c5ccc(-c6c(C)cc(C)cc6C)cc5)ccc5ccc2c3c54)=CC1. The number of hydrogen-bond acceptors (Lipinski definition) is 2. The van der Waals surface area contributed by atoms with Crippen molar-refractivity contribution >= 4 is 60.8 Å². The molecule has 2 nitrogen and oxygen atoms in total. The second-order valence-corrected chi connectivity index (χ2v) is 17.6. The third kappa shape index (κ3) is 6.77. The monoisotopic (exact) mass is 800 g/mol. The molecule has 0 fully saturated rings. The van der Waals surface area contributed by atoms with E-state index in [4.69, 9.17) is 0 Å². The first-order valence-corrected chi connectivity index (χ1v) is 21.8. The number of hydrogen-bond donors (Lipinski definition) is 0. The van der Waals surface area contributed by atoms with Crippen molar-refractivity contribution in [3.8, 4) is 22.3 Å². The van der Waals surface area contributed by atoms with Crippen LogP contribution in [-0.2, 0) is 0 Å². The molecule has 9 aromatic carbocycles. The fourth-order valence-corrected chi connectivity index (χ4v) is 10.3. The molecule has 0 unspecified atom stereocenters. The highest BCUT2D eigenvalue weighted by atomic mass is 15.2. The van der Waals surface area contributed by atoms with Gasteiger partial charge >= 0.3 is 0 Å². The summed E-state index contributed by atoms with van der Waals surface area (Å²) in [7, 11) is 0. The van der Waals surface area contributed by atoms with Crippen LogP contribution in [0.2, 0.25) is 0 Å². The van der Waals surface area contributed by atoms with E-state index in [2.05, 4.69) is 229 Å². The molecule has 0 amide bonds. The zero-order valence-electron chi connectivity index (χ0n) is 36.9. The predicted octanol–water partition coefficient (Wildman–Crippen LogP) is 17.1. The Balaban J connectivity index is 1.14. The lowest BCUT2D eigenvalue weighted by molar-refractivity contribution is 1.14. The van der Waals surface area contributed by atoms with E-state index in [1.54, 1.807) is 0 Å². The van der Waals surface area contributed by atoms with Crippen molar-refractivity contribution < 1.29 is 0 Å². The summed E-state index contributed by atoms with van der Waals surface area (Å²) in [5.74, 6) is 0. The summed E-state index contributed by atoms with van der Waals surface area (Å²) >= 11 is 0. The molecule has 0 aliphatic heterocycles. The summed E-state index contributed by atoms with van der Waals surface area (Å²) < 4.78 is 0. The van der Waals surface area contributed by atoms with Gasteiger partial charge in [-0.1, -0.05) is 138 Å². The summed E-state index contributed by atoms with van der Waals surface area (Å²) in [4.78, 5) is 4.87. The highest BCUT2D eigenvalue weighted by Gasteiger charge is 2.23. The number of aryl methyl sites for hydroxylation is 7. The second-order valence-electron chi connectivity index (χ2n) is 17.6. The van der Waals surface area contributed by atoms with Crippen LogP contribution in [0.3, 0.4) is 0 Å². The molecule has 302 valence electrons. The molecule has 0 saturated heterocycles. The van der Waals surface area contributed by atoms with E-state index in [0.29, 0.717) is 0 Å². The van der Waals surface area contributed by atoms with Gasteiger partial charge in [0.15, 0.2) is 0 Å². The molecule has 62 heavy (non-hydrogen) atoms. The molecule has 0 heterocycles. The lowest BCUT2D eigenvalue weighted by Crippen LogP contribution is -2.17. The highest BCUT2D eigenvalue weighted by Crippen LogP contribution is 2.47. The molecule has 9 aromatic rings. The molecular formula is C60H52N2. The minimum Gasteiger partial charge on any atom is -0.310 e. The zero-order chi connectivity index (χ0) is 42.8. The van der Waals surface area contributed by atoms with Crippen molar-refractivity contribution in [3.05, 3.63) is 221 Å². The van der Waals surface area contributed by atoms with Crippen LogP contribution >= 0.6 is 0 Å². The Morgan fingerprint density at radius 2 is 0.806 bits per heavy atom. The fourth-order valence-electron chi connectivity index (χ4n) is 10.3. The maximum atomic E-state index is 4.27. The van der Waals surface area contributed by atoms with Crippen molar-refractivity contribution in [3.63, 3.8) is 0 Å². The van der Waals surface area contributed by atoms with E-state index in [9.17, 15) is 0 Å². The predicted molar refractivity (Wildman–Crippen MR) is 268 cm³/mol. The van der Waals surface area contributed by atoms with Crippen LogP contribution in [0.15, 0.2) is 182 Å². The van der Waals surface area contributed by atoms with E-state index in [1.807, 2.05) is 0 Å². The molecule has 0 atom stereocenters. The molecule has 0 N–H and O–H groups in total. The van der Waals surface area contributed by atoms with Crippen molar-refractivity contribution in [2.45, 2.75) is 54.9 Å². The summed E-state index contributed by atoms with van der Waals surface area (Å²) in [6, 6.07) is 54.9. The van der Waals surface area contributed by atoms with Gasteiger partial charge in [-0.05, 0) is 176 Å². The van der Waals surface area contributed by atoms with Gasteiger partial charge < -0.3 is 9.80 Å². The lowest BCUT2D eigenvalue weighted by Gasteiger charge is -2.30. The summed E-state index contributed by atoms with van der Waals surface area (Å²) in [5, 5.41) is 7.47. The highest BCUT2D eigenvalue weighted by molar-refractivity contribution is 6.28. The first kappa shape index (κ1) is 39.0. The van der Waals surface area contributed by atoms with Crippen LogP contribution in [-0.4, -0.2) is 0 Å². The number of rotatable bonds is 8. The molecule has 1 aliphatic rings. The standard InChI is InChI=1S/C60H52N2/c1-37-9-21-49(22-10-37)61(51-25-13-45(14-26-51)57-41(5)33-39(3)34-42(57)6)55-31-19-47-18-30-54-56(32-20-48-17-29-53(55)59(47)60(48)54)62(50-23-11-38(2)12-24-50)52-27-15-46(16-28-52)58-43(7)35-40(4)36-44(58)8/h9,11-36H,1,10H2,2-8H3. The first-order chi connectivity index (χ1) is 30.0. The van der Waals surface area contributed by atoms with E-state index >= 15 is 0 Å². The maximum Gasteiger partial charge on any atom is 0.0540 e. The Morgan fingerprint density at radius 3 is 1.24 bits per heavy atom. The Bertz CT molecular complexity index is 3220. The molecule has 0 spiro atoms. The van der Waals surface area contributed by atoms with Gasteiger partial charge in [0.05, 0.1) is 11.4 Å². The average Bonchev–Trinajstić information content (AvgIpc) is 3.25. The lowest BCUT2D eigenvalue weighted by atomic mass is 9.91. The van der Waals surface area contributed by atoms with Gasteiger partial charge in [0, 0.05) is 33.5 Å². The minimum atomic E-state index is 0.817. The molecule has 0 saturated carbocycles. The molecule has 2 heteroatoms. The number of anilines is 5. The fraction of sp³-hybridized carbons (Fsp3) is 0.133. The van der Waals surface area contributed by atoms with Crippen LogP contribution in [0.1, 0.15) is 45.4 Å². The third-order valence-electron chi connectivity index (χ3n) is 12.9. The van der Waals surface area contributed by atoms with Gasteiger partial charge in [0.2, 0.25) is 0 Å². The first-order valence-electron chi connectivity index (χ1n) is 21.8. The minimum absolute atomic E-state index is 0.817. The normalized spacial score (nSPS) is 12.8. The van der Waals surface area contributed by atoms with Crippen LogP contribution in [0.4, 0.5) is 28.4 Å². The third-order valence-corrected chi connectivity index (χ3v) is 12.9. The topological polar surface area (TPSA) is 6.48 Å². The summed E-state index contributed by atoms with van der Waals surface area (Å²) in [6.07, 6.45) is 7.51. The molecule has 0 radical (unpaired) electrons. The van der Waals surface area contributed by atoms with Crippen molar-refractivity contribution in [1.29, 1.82) is 0 Å².